The van der Waals surface area contributed by atoms with Gasteiger partial charge in [0.2, 0.25) is 4.96 Å². The lowest BCUT2D eigenvalue weighted by atomic mass is 9.96. The summed E-state index contributed by atoms with van der Waals surface area (Å²) in [4.78, 5) is 0.865. The van der Waals surface area contributed by atoms with Gasteiger partial charge in [0, 0.05) is 24.9 Å². The van der Waals surface area contributed by atoms with Crippen molar-refractivity contribution in [1.29, 1.82) is 0 Å². The molecule has 0 bridgehead atoms. The van der Waals surface area contributed by atoms with Gasteiger partial charge in [-0.2, -0.15) is 9.61 Å². The Labute approximate surface area is 116 Å². The Morgan fingerprint density at radius 2 is 2.26 bits per heavy atom. The summed E-state index contributed by atoms with van der Waals surface area (Å²) >= 11 is 1.60. The number of rotatable bonds is 2. The summed E-state index contributed by atoms with van der Waals surface area (Å²) in [6, 6.07) is 0. The van der Waals surface area contributed by atoms with Crippen molar-refractivity contribution in [2.24, 2.45) is 0 Å². The first-order chi connectivity index (χ1) is 9.04. The molecule has 2 aromatic heterocycles. The summed E-state index contributed by atoms with van der Waals surface area (Å²) in [5, 5.41) is 17.5. The molecule has 1 atom stereocenters. The molecular formula is C12H19N5OS. The largest absolute Gasteiger partial charge is 0.375 e. The minimum Gasteiger partial charge on any atom is -0.375 e. The number of hydrogen-bond donors (Lipinski definition) is 1. The number of fused-ring (bicyclic) bond motifs is 1. The van der Waals surface area contributed by atoms with Gasteiger partial charge < -0.3 is 10.1 Å². The highest BCUT2D eigenvalue weighted by Gasteiger charge is 2.24. The highest BCUT2D eigenvalue weighted by Crippen LogP contribution is 2.24. The van der Waals surface area contributed by atoms with Crippen LogP contribution >= 0.6 is 11.3 Å². The van der Waals surface area contributed by atoms with E-state index in [2.05, 4.69) is 41.4 Å². The second kappa shape index (κ2) is 4.81. The average molecular weight is 281 g/mol. The fraction of sp³-hybridized carbons (Fsp3) is 0.750. The van der Waals surface area contributed by atoms with Crippen molar-refractivity contribution in [3.8, 4) is 0 Å². The lowest BCUT2D eigenvalue weighted by Crippen LogP contribution is -2.39. The van der Waals surface area contributed by atoms with Gasteiger partial charge in [-0.3, -0.25) is 0 Å². The van der Waals surface area contributed by atoms with Crippen molar-refractivity contribution in [2.75, 3.05) is 19.7 Å². The van der Waals surface area contributed by atoms with Gasteiger partial charge in [-0.05, 0) is 0 Å². The van der Waals surface area contributed by atoms with Crippen molar-refractivity contribution in [1.82, 2.24) is 25.1 Å². The van der Waals surface area contributed by atoms with Crippen LogP contribution in [0.25, 0.3) is 4.96 Å². The Morgan fingerprint density at radius 3 is 2.95 bits per heavy atom. The van der Waals surface area contributed by atoms with Crippen LogP contribution in [0.4, 0.5) is 0 Å². The summed E-state index contributed by atoms with van der Waals surface area (Å²) in [6.45, 7) is 8.98. The minimum absolute atomic E-state index is 0.0480. The van der Waals surface area contributed by atoms with E-state index in [0.29, 0.717) is 0 Å². The fourth-order valence-corrected chi connectivity index (χ4v) is 3.05. The summed E-state index contributed by atoms with van der Waals surface area (Å²) in [7, 11) is 0. The van der Waals surface area contributed by atoms with Crippen LogP contribution in [0.15, 0.2) is 0 Å². The van der Waals surface area contributed by atoms with Gasteiger partial charge in [-0.15, -0.1) is 10.2 Å². The van der Waals surface area contributed by atoms with Gasteiger partial charge >= 0.3 is 0 Å². The maximum absolute atomic E-state index is 5.71. The quantitative estimate of drug-likeness (QED) is 0.890. The zero-order chi connectivity index (χ0) is 13.5. The molecule has 1 saturated heterocycles. The zero-order valence-corrected chi connectivity index (χ0v) is 12.3. The van der Waals surface area contributed by atoms with Crippen LogP contribution in [0, 0.1) is 0 Å². The lowest BCUT2D eigenvalue weighted by molar-refractivity contribution is 0.0291. The molecule has 1 aliphatic heterocycles. The summed E-state index contributed by atoms with van der Waals surface area (Å²) in [6.07, 6.45) is 1.06. The third-order valence-electron chi connectivity index (χ3n) is 3.11. The van der Waals surface area contributed by atoms with Crippen LogP contribution in [-0.4, -0.2) is 45.6 Å². The van der Waals surface area contributed by atoms with Gasteiger partial charge in [-0.1, -0.05) is 32.1 Å². The Hall–Kier alpha value is -1.05. The van der Waals surface area contributed by atoms with E-state index in [0.717, 1.165) is 41.9 Å². The number of hydrogen-bond acceptors (Lipinski definition) is 6. The number of nitrogens with zero attached hydrogens (tertiary/aromatic N) is 4. The van der Waals surface area contributed by atoms with Crippen LogP contribution < -0.4 is 5.32 Å². The van der Waals surface area contributed by atoms with Crippen LogP contribution in [-0.2, 0) is 16.6 Å². The minimum atomic E-state index is -0.0480. The van der Waals surface area contributed by atoms with Crippen LogP contribution in [0.3, 0.4) is 0 Å². The molecule has 0 saturated carbocycles. The predicted octanol–water partition coefficient (Wildman–Crippen LogP) is 1.01. The van der Waals surface area contributed by atoms with Crippen molar-refractivity contribution >= 4 is 16.3 Å². The van der Waals surface area contributed by atoms with E-state index in [9.17, 15) is 0 Å². The monoisotopic (exact) mass is 281 g/mol. The first kappa shape index (κ1) is 13.0. The molecule has 1 fully saturated rings. The normalized spacial score (nSPS) is 21.1. The molecule has 1 aliphatic rings. The van der Waals surface area contributed by atoms with E-state index in [1.807, 2.05) is 4.52 Å². The van der Waals surface area contributed by atoms with Crippen LogP contribution in [0.5, 0.6) is 0 Å². The molecule has 0 spiro atoms. The smallest absolute Gasteiger partial charge is 0.234 e. The van der Waals surface area contributed by atoms with Crippen molar-refractivity contribution in [3.05, 3.63) is 10.8 Å². The average Bonchev–Trinajstić information content (AvgIpc) is 2.88. The number of nitrogens with one attached hydrogen (secondary N) is 1. The molecule has 1 unspecified atom stereocenters. The maximum atomic E-state index is 5.71. The Kier molecular flexibility index (Phi) is 3.28. The molecule has 3 rings (SSSR count). The van der Waals surface area contributed by atoms with Crippen LogP contribution in [0.2, 0.25) is 0 Å². The molecule has 0 aliphatic carbocycles. The standard InChI is InChI=1S/C12H19N5OS/c1-12(2,3)10-14-15-11-17(10)16-9(19-11)6-8-7-13-4-5-18-8/h8,13H,4-7H2,1-3H3. The molecule has 6 nitrogen and oxygen atoms in total. The van der Waals surface area contributed by atoms with E-state index >= 15 is 0 Å². The van der Waals surface area contributed by atoms with Crippen LogP contribution in [0.1, 0.15) is 31.6 Å². The van der Waals surface area contributed by atoms with Crippen molar-refractivity contribution < 1.29 is 4.74 Å². The van der Waals surface area contributed by atoms with Gasteiger partial charge in [0.05, 0.1) is 12.7 Å². The first-order valence-electron chi connectivity index (χ1n) is 6.58. The molecule has 0 amide bonds. The van der Waals surface area contributed by atoms with Crippen molar-refractivity contribution in [2.45, 2.75) is 38.7 Å². The Balaban J connectivity index is 1.83. The molecular weight excluding hydrogens is 262 g/mol. The molecule has 0 radical (unpaired) electrons. The zero-order valence-electron chi connectivity index (χ0n) is 11.5. The number of morpholine rings is 1. The van der Waals surface area contributed by atoms with Gasteiger partial charge in [0.15, 0.2) is 5.82 Å². The third-order valence-corrected chi connectivity index (χ3v) is 4.03. The van der Waals surface area contributed by atoms with Gasteiger partial charge in [0.25, 0.3) is 0 Å². The summed E-state index contributed by atoms with van der Waals surface area (Å²) in [5.74, 6) is 0.910. The second-order valence-electron chi connectivity index (χ2n) is 5.86. The topological polar surface area (TPSA) is 64.3 Å². The van der Waals surface area contributed by atoms with E-state index in [-0.39, 0.29) is 11.5 Å². The third kappa shape index (κ3) is 2.63. The van der Waals surface area contributed by atoms with E-state index in [1.54, 1.807) is 11.3 Å². The fourth-order valence-electron chi connectivity index (χ4n) is 2.15. The molecule has 2 aromatic rings. The van der Waals surface area contributed by atoms with Crippen molar-refractivity contribution in [3.63, 3.8) is 0 Å². The second-order valence-corrected chi connectivity index (χ2v) is 6.91. The summed E-state index contributed by atoms with van der Waals surface area (Å²) < 4.78 is 7.58. The molecule has 3 heterocycles. The SMILES string of the molecule is CC(C)(C)c1nnc2sc(CC3CNCCO3)nn12. The highest BCUT2D eigenvalue weighted by atomic mass is 32.1. The summed E-state index contributed by atoms with van der Waals surface area (Å²) in [5.41, 5.74) is -0.0480. The van der Waals surface area contributed by atoms with E-state index in [1.165, 1.54) is 0 Å². The van der Waals surface area contributed by atoms with E-state index in [4.69, 9.17) is 4.74 Å². The molecule has 104 valence electrons. The molecule has 0 aromatic carbocycles. The van der Waals surface area contributed by atoms with Gasteiger partial charge in [0.1, 0.15) is 5.01 Å². The maximum Gasteiger partial charge on any atom is 0.234 e. The predicted molar refractivity (Wildman–Crippen MR) is 73.7 cm³/mol. The Bertz CT molecular complexity index is 564. The molecule has 1 N–H and O–H groups in total. The highest BCUT2D eigenvalue weighted by molar-refractivity contribution is 7.16. The molecule has 19 heavy (non-hydrogen) atoms. The van der Waals surface area contributed by atoms with E-state index < -0.39 is 0 Å². The number of aromatic nitrogens is 4. The lowest BCUT2D eigenvalue weighted by Gasteiger charge is -2.22. The van der Waals surface area contributed by atoms with Gasteiger partial charge in [-0.25, -0.2) is 0 Å². The first-order valence-corrected chi connectivity index (χ1v) is 7.39. The Morgan fingerprint density at radius 1 is 1.42 bits per heavy atom. The molecule has 7 heteroatoms. The number of ether oxygens (including phenoxy) is 1.